The average molecular weight is 312 g/mol. The highest BCUT2D eigenvalue weighted by Crippen LogP contribution is 2.50. The van der Waals surface area contributed by atoms with Gasteiger partial charge >= 0.3 is 5.97 Å². The molecule has 2 heteroatoms. The van der Waals surface area contributed by atoms with Crippen molar-refractivity contribution in [3.8, 4) is 0 Å². The first-order valence-corrected chi connectivity index (χ1v) is 8.97. The van der Waals surface area contributed by atoms with Gasteiger partial charge in [0.25, 0.3) is 0 Å². The van der Waals surface area contributed by atoms with Gasteiger partial charge in [0, 0.05) is 6.92 Å². The lowest BCUT2D eigenvalue weighted by Crippen LogP contribution is -2.23. The normalized spacial score (nSPS) is 34.4. The second kappa shape index (κ2) is 6.51. The average Bonchev–Trinajstić information content (AvgIpc) is 2.90. The molecule has 2 nitrogen and oxygen atoms in total. The molecular weight excluding hydrogens is 284 g/mol. The summed E-state index contributed by atoms with van der Waals surface area (Å²) in [4.78, 5) is 11.2. The summed E-state index contributed by atoms with van der Waals surface area (Å²) in [5.41, 5.74) is 5.74. The van der Waals surface area contributed by atoms with Crippen molar-refractivity contribution in [2.75, 3.05) is 0 Å². The van der Waals surface area contributed by atoms with Crippen LogP contribution >= 0.6 is 0 Å². The molecule has 23 heavy (non-hydrogen) atoms. The molecule has 3 rings (SSSR count). The molecule has 0 radical (unpaired) electrons. The summed E-state index contributed by atoms with van der Waals surface area (Å²) in [7, 11) is 0. The van der Waals surface area contributed by atoms with E-state index in [9.17, 15) is 4.79 Å². The number of carbonyl (C=O) groups excluding carboxylic acids is 1. The summed E-state index contributed by atoms with van der Waals surface area (Å²) in [5, 5.41) is 0. The van der Waals surface area contributed by atoms with Crippen LogP contribution in [0.5, 0.6) is 0 Å². The molecule has 3 aliphatic rings. The zero-order valence-corrected chi connectivity index (χ0v) is 14.5. The third-order valence-electron chi connectivity index (χ3n) is 5.72. The van der Waals surface area contributed by atoms with Crippen LogP contribution in [-0.4, -0.2) is 12.1 Å². The van der Waals surface area contributed by atoms with Crippen molar-refractivity contribution in [3.05, 3.63) is 47.1 Å². The second-order valence-corrected chi connectivity index (χ2v) is 7.47. The van der Waals surface area contributed by atoms with Crippen LogP contribution in [-0.2, 0) is 9.53 Å². The first-order valence-electron chi connectivity index (χ1n) is 8.97. The Hall–Kier alpha value is -1.57. The number of rotatable bonds is 2. The third-order valence-corrected chi connectivity index (χ3v) is 5.72. The first-order chi connectivity index (χ1) is 11.0. The maximum Gasteiger partial charge on any atom is 0.303 e. The molecular formula is C21H28O2. The molecule has 0 aromatic carbocycles. The Morgan fingerprint density at radius 2 is 2.00 bits per heavy atom. The Morgan fingerprint density at radius 1 is 1.26 bits per heavy atom. The summed E-state index contributed by atoms with van der Waals surface area (Å²) in [5.74, 6) is -0.213. The molecule has 0 bridgehead atoms. The van der Waals surface area contributed by atoms with Crippen LogP contribution < -0.4 is 0 Å². The van der Waals surface area contributed by atoms with Gasteiger partial charge in [0.05, 0.1) is 0 Å². The van der Waals surface area contributed by atoms with Crippen LogP contribution in [0.2, 0.25) is 0 Å². The molecule has 0 amide bonds. The Kier molecular flexibility index (Phi) is 4.61. The standard InChI is InChI=1S/C21H28O2/c1-15-17(7-4-10-20(15)23-16(2)22)11-12-18-8-5-13-21(3)14-6-9-19(18)21/h9,11-12,20H,1,4-8,10,13-14H2,2-3H3/b17-11-,18-12+. The van der Waals surface area contributed by atoms with E-state index in [1.54, 1.807) is 5.57 Å². The maximum atomic E-state index is 11.2. The molecule has 0 aromatic rings. The summed E-state index contributed by atoms with van der Waals surface area (Å²) < 4.78 is 5.40. The number of hydrogen-bond donors (Lipinski definition) is 0. The van der Waals surface area contributed by atoms with E-state index in [1.807, 2.05) is 0 Å². The van der Waals surface area contributed by atoms with E-state index in [0.29, 0.717) is 5.41 Å². The van der Waals surface area contributed by atoms with Crippen molar-refractivity contribution >= 4 is 5.97 Å². The Balaban J connectivity index is 1.78. The van der Waals surface area contributed by atoms with Crippen molar-refractivity contribution in [2.24, 2.45) is 5.41 Å². The van der Waals surface area contributed by atoms with E-state index in [1.165, 1.54) is 50.2 Å². The lowest BCUT2D eigenvalue weighted by Gasteiger charge is -2.34. The van der Waals surface area contributed by atoms with Gasteiger partial charge in [0.2, 0.25) is 0 Å². The molecule has 2 fully saturated rings. The van der Waals surface area contributed by atoms with E-state index < -0.39 is 0 Å². The predicted molar refractivity (Wildman–Crippen MR) is 94.0 cm³/mol. The van der Waals surface area contributed by atoms with E-state index in [2.05, 4.69) is 31.7 Å². The summed E-state index contributed by atoms with van der Waals surface area (Å²) in [6.45, 7) is 8.08. The van der Waals surface area contributed by atoms with Crippen LogP contribution in [0, 0.1) is 5.41 Å². The first kappa shape index (κ1) is 16.3. The van der Waals surface area contributed by atoms with Gasteiger partial charge in [0.1, 0.15) is 6.10 Å². The molecule has 0 heterocycles. The van der Waals surface area contributed by atoms with Gasteiger partial charge < -0.3 is 4.74 Å². The minimum atomic E-state index is -0.213. The predicted octanol–water partition coefficient (Wildman–Crippen LogP) is 5.42. The van der Waals surface area contributed by atoms with E-state index in [-0.39, 0.29) is 12.1 Å². The van der Waals surface area contributed by atoms with Crippen molar-refractivity contribution in [1.82, 2.24) is 0 Å². The quantitative estimate of drug-likeness (QED) is 0.636. The van der Waals surface area contributed by atoms with Gasteiger partial charge in [-0.1, -0.05) is 31.7 Å². The maximum absolute atomic E-state index is 11.2. The lowest BCUT2D eigenvalue weighted by atomic mass is 9.70. The summed E-state index contributed by atoms with van der Waals surface area (Å²) in [6, 6.07) is 0. The number of hydrogen-bond acceptors (Lipinski definition) is 2. The molecule has 0 N–H and O–H groups in total. The lowest BCUT2D eigenvalue weighted by molar-refractivity contribution is -0.145. The third kappa shape index (κ3) is 3.36. The minimum Gasteiger partial charge on any atom is -0.458 e. The fourth-order valence-electron chi connectivity index (χ4n) is 4.41. The Labute approximate surface area is 140 Å². The van der Waals surface area contributed by atoms with E-state index in [4.69, 9.17) is 4.74 Å². The van der Waals surface area contributed by atoms with Crippen molar-refractivity contribution in [2.45, 2.75) is 71.3 Å². The van der Waals surface area contributed by atoms with Gasteiger partial charge in [-0.15, -0.1) is 0 Å². The largest absolute Gasteiger partial charge is 0.458 e. The number of fused-ring (bicyclic) bond motifs is 1. The molecule has 2 unspecified atom stereocenters. The number of esters is 1. The minimum absolute atomic E-state index is 0.131. The second-order valence-electron chi connectivity index (χ2n) is 7.47. The topological polar surface area (TPSA) is 26.3 Å². The molecule has 0 aliphatic heterocycles. The van der Waals surface area contributed by atoms with Crippen molar-refractivity contribution < 1.29 is 9.53 Å². The van der Waals surface area contributed by atoms with Crippen LogP contribution in [0.1, 0.15) is 65.2 Å². The molecule has 0 spiro atoms. The summed E-state index contributed by atoms with van der Waals surface area (Å²) in [6.07, 6.45) is 16.2. The number of carbonyl (C=O) groups is 1. The monoisotopic (exact) mass is 312 g/mol. The number of allylic oxidation sites excluding steroid dienone is 5. The van der Waals surface area contributed by atoms with Crippen molar-refractivity contribution in [3.63, 3.8) is 0 Å². The van der Waals surface area contributed by atoms with Crippen LogP contribution in [0.4, 0.5) is 0 Å². The highest BCUT2D eigenvalue weighted by molar-refractivity contribution is 5.66. The highest BCUT2D eigenvalue weighted by Gasteiger charge is 2.36. The molecule has 0 aromatic heterocycles. The Bertz CT molecular complexity index is 605. The van der Waals surface area contributed by atoms with Crippen LogP contribution in [0.25, 0.3) is 0 Å². The van der Waals surface area contributed by atoms with Gasteiger partial charge in [-0.3, -0.25) is 4.79 Å². The van der Waals surface area contributed by atoms with Gasteiger partial charge in [-0.05, 0) is 79.1 Å². The zero-order chi connectivity index (χ0) is 16.4. The molecule has 0 saturated heterocycles. The van der Waals surface area contributed by atoms with Crippen LogP contribution in [0.15, 0.2) is 47.1 Å². The van der Waals surface area contributed by atoms with Crippen molar-refractivity contribution in [1.29, 1.82) is 0 Å². The Morgan fingerprint density at radius 3 is 2.78 bits per heavy atom. The molecule has 3 aliphatic carbocycles. The molecule has 124 valence electrons. The van der Waals surface area contributed by atoms with Gasteiger partial charge in [-0.2, -0.15) is 0 Å². The van der Waals surface area contributed by atoms with E-state index in [0.717, 1.165) is 24.8 Å². The van der Waals surface area contributed by atoms with Gasteiger partial charge in [0.15, 0.2) is 0 Å². The molecule has 2 atom stereocenters. The fourth-order valence-corrected chi connectivity index (χ4v) is 4.41. The SMILES string of the molecule is C=C1/C(=C\C=C2/CCCC3(C)CCC=C23)CCCC1OC(C)=O. The zero-order valence-electron chi connectivity index (χ0n) is 14.5. The summed E-state index contributed by atoms with van der Waals surface area (Å²) >= 11 is 0. The van der Waals surface area contributed by atoms with Gasteiger partial charge in [-0.25, -0.2) is 0 Å². The van der Waals surface area contributed by atoms with Crippen LogP contribution in [0.3, 0.4) is 0 Å². The number of ether oxygens (including phenoxy) is 1. The fraction of sp³-hybridized carbons (Fsp3) is 0.571. The highest BCUT2D eigenvalue weighted by atomic mass is 16.5. The molecule has 2 saturated carbocycles. The smallest absolute Gasteiger partial charge is 0.303 e. The van der Waals surface area contributed by atoms with E-state index >= 15 is 0 Å².